The summed E-state index contributed by atoms with van der Waals surface area (Å²) in [6.07, 6.45) is 3.70. The second kappa shape index (κ2) is 14.0. The van der Waals surface area contributed by atoms with Crippen molar-refractivity contribution >= 4 is 34.8 Å². The quantitative estimate of drug-likeness (QED) is 0.434. The first-order valence-corrected chi connectivity index (χ1v) is 15.3. The summed E-state index contributed by atoms with van der Waals surface area (Å²) >= 11 is 7.04. The van der Waals surface area contributed by atoms with Crippen LogP contribution in [0, 0.1) is 5.92 Å². The zero-order valence-corrected chi connectivity index (χ0v) is 25.6. The molecule has 1 atom stereocenters. The van der Waals surface area contributed by atoms with E-state index in [9.17, 15) is 9.59 Å². The Morgan fingerprint density at radius 1 is 1.05 bits per heavy atom. The third kappa shape index (κ3) is 7.11. The van der Waals surface area contributed by atoms with Gasteiger partial charge >= 0.3 is 0 Å². The summed E-state index contributed by atoms with van der Waals surface area (Å²) in [5, 5.41) is 3.39. The maximum Gasteiger partial charge on any atom is 0.254 e. The Balaban J connectivity index is 1.44. The SMILES string of the molecule is CCN(c1cc(-c2ccc(CN3CCOCC3)cc2)cc(C(=O)NCC2C(=O)N=C(C)C=C2C)c1Cl)C1CCOCC1. The van der Waals surface area contributed by atoms with Crippen molar-refractivity contribution in [1.29, 1.82) is 0 Å². The fraction of sp³-hybridized carbons (Fsp3) is 0.485. The van der Waals surface area contributed by atoms with Gasteiger partial charge in [-0.2, -0.15) is 0 Å². The van der Waals surface area contributed by atoms with Crippen LogP contribution in [-0.2, 0) is 20.8 Å². The molecule has 2 aromatic carbocycles. The summed E-state index contributed by atoms with van der Waals surface area (Å²) in [6.45, 7) is 12.5. The number of carbonyl (C=O) groups excluding carboxylic acids is 2. The number of benzene rings is 2. The molecule has 224 valence electrons. The van der Waals surface area contributed by atoms with Gasteiger partial charge in [0.2, 0.25) is 0 Å². The Morgan fingerprint density at radius 2 is 1.74 bits per heavy atom. The van der Waals surface area contributed by atoms with Crippen molar-refractivity contribution in [2.24, 2.45) is 10.9 Å². The van der Waals surface area contributed by atoms with E-state index in [2.05, 4.69) is 57.4 Å². The number of nitrogens with zero attached hydrogens (tertiary/aromatic N) is 3. The van der Waals surface area contributed by atoms with Crippen molar-refractivity contribution in [2.75, 3.05) is 57.5 Å². The van der Waals surface area contributed by atoms with E-state index in [-0.39, 0.29) is 24.4 Å². The lowest BCUT2D eigenvalue weighted by Crippen LogP contribution is -2.40. The number of dihydropyridines is 1. The summed E-state index contributed by atoms with van der Waals surface area (Å²) in [4.78, 5) is 35.0. The average molecular weight is 593 g/mol. The molecule has 0 aromatic heterocycles. The summed E-state index contributed by atoms with van der Waals surface area (Å²) in [5.74, 6) is -1.02. The van der Waals surface area contributed by atoms with Gasteiger partial charge in [0.05, 0.1) is 35.4 Å². The van der Waals surface area contributed by atoms with Gasteiger partial charge in [-0.15, -0.1) is 0 Å². The molecule has 9 heteroatoms. The minimum Gasteiger partial charge on any atom is -0.381 e. The smallest absolute Gasteiger partial charge is 0.254 e. The first-order chi connectivity index (χ1) is 20.3. The molecule has 1 N–H and O–H groups in total. The molecule has 0 aliphatic carbocycles. The van der Waals surface area contributed by atoms with Gasteiger partial charge in [0.1, 0.15) is 0 Å². The van der Waals surface area contributed by atoms with Crippen LogP contribution in [-0.4, -0.2) is 81.1 Å². The number of carbonyl (C=O) groups is 2. The predicted octanol–water partition coefficient (Wildman–Crippen LogP) is 5.14. The fourth-order valence-corrected chi connectivity index (χ4v) is 6.34. The third-order valence-corrected chi connectivity index (χ3v) is 8.81. The molecule has 2 saturated heterocycles. The molecular weight excluding hydrogens is 552 g/mol. The van der Waals surface area contributed by atoms with Crippen molar-refractivity contribution < 1.29 is 19.1 Å². The van der Waals surface area contributed by atoms with Gasteiger partial charge in [-0.25, -0.2) is 4.99 Å². The molecule has 8 nitrogen and oxygen atoms in total. The maximum absolute atomic E-state index is 13.7. The highest BCUT2D eigenvalue weighted by Crippen LogP contribution is 2.37. The zero-order chi connectivity index (χ0) is 29.6. The third-order valence-electron chi connectivity index (χ3n) is 8.41. The van der Waals surface area contributed by atoms with Crippen molar-refractivity contribution in [2.45, 2.75) is 46.2 Å². The Morgan fingerprint density at radius 3 is 2.40 bits per heavy atom. The van der Waals surface area contributed by atoms with Crippen LogP contribution in [0.5, 0.6) is 0 Å². The van der Waals surface area contributed by atoms with E-state index in [0.29, 0.717) is 29.5 Å². The van der Waals surface area contributed by atoms with Crippen LogP contribution in [0.1, 0.15) is 49.5 Å². The molecule has 0 bridgehead atoms. The minimum absolute atomic E-state index is 0.167. The molecule has 3 heterocycles. The van der Waals surface area contributed by atoms with E-state index in [1.807, 2.05) is 19.1 Å². The summed E-state index contributed by atoms with van der Waals surface area (Å²) in [6, 6.07) is 12.8. The Kier molecular flexibility index (Phi) is 10.1. The van der Waals surface area contributed by atoms with Crippen LogP contribution < -0.4 is 10.2 Å². The summed E-state index contributed by atoms with van der Waals surface area (Å²) < 4.78 is 11.1. The molecule has 5 rings (SSSR count). The van der Waals surface area contributed by atoms with Crippen molar-refractivity contribution in [3.8, 4) is 11.1 Å². The molecule has 0 saturated carbocycles. The lowest BCUT2D eigenvalue weighted by atomic mass is 9.95. The Hall–Kier alpha value is -3.04. The Bertz CT molecular complexity index is 1340. The molecule has 1 unspecified atom stereocenters. The van der Waals surface area contributed by atoms with Crippen LogP contribution in [0.4, 0.5) is 5.69 Å². The first-order valence-electron chi connectivity index (χ1n) is 15.0. The molecule has 0 radical (unpaired) electrons. The number of nitrogens with one attached hydrogen (secondary N) is 1. The lowest BCUT2D eigenvalue weighted by Gasteiger charge is -2.36. The number of allylic oxidation sites excluding steroid dienone is 1. The minimum atomic E-state index is -0.479. The fourth-order valence-electron chi connectivity index (χ4n) is 6.04. The number of aliphatic imine (C=N–C) groups is 1. The molecular formula is C33H41ClN4O4. The van der Waals surface area contributed by atoms with E-state index >= 15 is 0 Å². The molecule has 0 spiro atoms. The van der Waals surface area contributed by atoms with Crippen molar-refractivity contribution in [3.05, 3.63) is 64.2 Å². The van der Waals surface area contributed by atoms with Crippen LogP contribution in [0.3, 0.4) is 0 Å². The van der Waals surface area contributed by atoms with E-state index in [4.69, 9.17) is 21.1 Å². The molecule has 2 amide bonds. The van der Waals surface area contributed by atoms with E-state index in [0.717, 1.165) is 74.6 Å². The van der Waals surface area contributed by atoms with Gasteiger partial charge in [-0.3, -0.25) is 14.5 Å². The van der Waals surface area contributed by atoms with Crippen molar-refractivity contribution in [1.82, 2.24) is 10.2 Å². The van der Waals surface area contributed by atoms with Gasteiger partial charge in [0.15, 0.2) is 0 Å². The second-order valence-corrected chi connectivity index (χ2v) is 11.7. The van der Waals surface area contributed by atoms with Gasteiger partial charge < -0.3 is 19.7 Å². The van der Waals surface area contributed by atoms with Gasteiger partial charge in [-0.05, 0) is 68.5 Å². The normalized spacial score (nSPS) is 20.2. The number of anilines is 1. The highest BCUT2D eigenvalue weighted by Gasteiger charge is 2.28. The standard InChI is InChI=1S/C33H41ClN4O4/c1-4-38(27-9-13-41-14-10-27)30-19-26(25-7-5-24(6-8-25)21-37-11-15-42-16-12-37)18-28(31(30)34)32(39)35-20-29-22(2)17-23(3)36-33(29)40/h5-8,17-19,27,29H,4,9-16,20-21H2,1-3H3,(H,35,39). The maximum atomic E-state index is 13.7. The highest BCUT2D eigenvalue weighted by molar-refractivity contribution is 6.36. The summed E-state index contributed by atoms with van der Waals surface area (Å²) in [7, 11) is 0. The molecule has 3 aliphatic rings. The lowest BCUT2D eigenvalue weighted by molar-refractivity contribution is -0.120. The zero-order valence-electron chi connectivity index (χ0n) is 24.8. The topological polar surface area (TPSA) is 83.5 Å². The predicted molar refractivity (Wildman–Crippen MR) is 168 cm³/mol. The number of halogens is 1. The van der Waals surface area contributed by atoms with Crippen molar-refractivity contribution in [3.63, 3.8) is 0 Å². The van der Waals surface area contributed by atoms with Crippen LogP contribution >= 0.6 is 11.6 Å². The van der Waals surface area contributed by atoms with E-state index in [1.165, 1.54) is 5.56 Å². The monoisotopic (exact) mass is 592 g/mol. The van der Waals surface area contributed by atoms with E-state index < -0.39 is 5.92 Å². The first kappa shape index (κ1) is 30.4. The van der Waals surface area contributed by atoms with E-state index in [1.54, 1.807) is 6.92 Å². The number of hydrogen-bond donors (Lipinski definition) is 1. The van der Waals surface area contributed by atoms with Crippen LogP contribution in [0.15, 0.2) is 53.0 Å². The number of hydrogen-bond acceptors (Lipinski definition) is 6. The highest BCUT2D eigenvalue weighted by atomic mass is 35.5. The number of morpholine rings is 1. The number of ether oxygens (including phenoxy) is 2. The molecule has 2 aromatic rings. The number of amides is 2. The molecule has 42 heavy (non-hydrogen) atoms. The van der Waals surface area contributed by atoms with Gasteiger partial charge in [0.25, 0.3) is 11.8 Å². The Labute approximate surface area is 253 Å². The van der Waals surface area contributed by atoms with Crippen LogP contribution in [0.2, 0.25) is 5.02 Å². The van der Waals surface area contributed by atoms with Crippen LogP contribution in [0.25, 0.3) is 11.1 Å². The average Bonchev–Trinajstić information content (AvgIpc) is 2.99. The molecule has 2 fully saturated rings. The largest absolute Gasteiger partial charge is 0.381 e. The molecule has 3 aliphatic heterocycles. The summed E-state index contributed by atoms with van der Waals surface area (Å²) in [5.41, 5.74) is 6.00. The number of rotatable bonds is 9. The second-order valence-electron chi connectivity index (χ2n) is 11.3. The van der Waals surface area contributed by atoms with Gasteiger partial charge in [-0.1, -0.05) is 41.4 Å². The van der Waals surface area contributed by atoms with Gasteiger partial charge in [0, 0.05) is 57.7 Å².